The molecule has 0 atom stereocenters. The molecule has 0 bridgehead atoms. The minimum atomic E-state index is -0.794. The smallest absolute Gasteiger partial charge is 0.267 e. The summed E-state index contributed by atoms with van der Waals surface area (Å²) in [6.45, 7) is 17.0. The van der Waals surface area contributed by atoms with Crippen LogP contribution in [0.3, 0.4) is 0 Å². The molecule has 0 aliphatic carbocycles. The number of primary amides is 1. The second-order valence-electron chi connectivity index (χ2n) is 8.30. The van der Waals surface area contributed by atoms with E-state index in [0.717, 1.165) is 23.6 Å². The first-order valence-corrected chi connectivity index (χ1v) is 12.1. The summed E-state index contributed by atoms with van der Waals surface area (Å²) < 4.78 is 13.4. The summed E-state index contributed by atoms with van der Waals surface area (Å²) in [6.07, 6.45) is 1.03. The third-order valence-electron chi connectivity index (χ3n) is 5.20. The zero-order chi connectivity index (χ0) is 28.3. The molecule has 1 aromatic heterocycles. The molecule has 0 radical (unpaired) electrons. The minimum absolute atomic E-state index is 0.104. The predicted octanol–water partition coefficient (Wildman–Crippen LogP) is 6.55. The fourth-order valence-electron chi connectivity index (χ4n) is 3.33. The van der Waals surface area contributed by atoms with Crippen LogP contribution in [0.5, 0.6) is 0 Å². The van der Waals surface area contributed by atoms with Gasteiger partial charge in [-0.05, 0) is 63.5 Å². The van der Waals surface area contributed by atoms with E-state index in [-0.39, 0.29) is 22.6 Å². The average Bonchev–Trinajstić information content (AvgIpc) is 2.87. The van der Waals surface area contributed by atoms with Gasteiger partial charge in [-0.15, -0.1) is 0 Å². The summed E-state index contributed by atoms with van der Waals surface area (Å²) in [4.78, 5) is 39.0. The fourth-order valence-corrected chi connectivity index (χ4v) is 3.33. The van der Waals surface area contributed by atoms with Crippen molar-refractivity contribution in [3.05, 3.63) is 100 Å². The fraction of sp³-hybridized carbons (Fsp3) is 0.267. The lowest BCUT2D eigenvalue weighted by molar-refractivity contribution is 0.0966. The second kappa shape index (κ2) is 14.4. The van der Waals surface area contributed by atoms with Gasteiger partial charge in [0, 0.05) is 22.7 Å². The quantitative estimate of drug-likeness (QED) is 0.293. The van der Waals surface area contributed by atoms with Crippen LogP contribution in [0.4, 0.5) is 4.39 Å². The molecule has 196 valence electrons. The van der Waals surface area contributed by atoms with Gasteiger partial charge >= 0.3 is 0 Å². The van der Waals surface area contributed by atoms with Crippen LogP contribution >= 0.6 is 0 Å². The second-order valence-corrected chi connectivity index (χ2v) is 8.30. The van der Waals surface area contributed by atoms with Crippen LogP contribution in [0.1, 0.15) is 85.2 Å². The van der Waals surface area contributed by atoms with E-state index < -0.39 is 17.6 Å². The van der Waals surface area contributed by atoms with Crippen molar-refractivity contribution in [3.8, 4) is 0 Å². The number of aryl methyl sites for hydroxylation is 1. The number of carbonyl (C=O) groups excluding carboxylic acids is 3. The lowest BCUT2D eigenvalue weighted by atomic mass is 10.1. The molecule has 2 amide bonds. The predicted molar refractivity (Wildman–Crippen MR) is 148 cm³/mol. The highest BCUT2D eigenvalue weighted by molar-refractivity contribution is 6.09. The highest BCUT2D eigenvalue weighted by Gasteiger charge is 2.17. The number of fused-ring (bicyclic) bond motifs is 1. The number of amides is 2. The Morgan fingerprint density at radius 3 is 2.03 bits per heavy atom. The molecule has 0 fully saturated rings. The Bertz CT molecular complexity index is 1320. The van der Waals surface area contributed by atoms with E-state index >= 15 is 0 Å². The van der Waals surface area contributed by atoms with Crippen molar-refractivity contribution in [3.63, 3.8) is 0 Å². The average molecular weight is 506 g/mol. The molecular weight excluding hydrogens is 469 g/mol. The highest BCUT2D eigenvalue weighted by Crippen LogP contribution is 2.21. The van der Waals surface area contributed by atoms with Gasteiger partial charge in [-0.25, -0.2) is 9.37 Å². The van der Waals surface area contributed by atoms with Gasteiger partial charge < -0.3 is 11.1 Å². The van der Waals surface area contributed by atoms with Crippen molar-refractivity contribution in [1.82, 2.24) is 10.3 Å². The number of pyridine rings is 1. The molecule has 0 aliphatic heterocycles. The largest absolute Gasteiger partial charge is 0.364 e. The summed E-state index contributed by atoms with van der Waals surface area (Å²) in [5, 5.41) is 3.20. The van der Waals surface area contributed by atoms with E-state index in [1.807, 2.05) is 52.0 Å². The van der Waals surface area contributed by atoms with Crippen molar-refractivity contribution < 1.29 is 18.8 Å². The van der Waals surface area contributed by atoms with Crippen LogP contribution in [-0.2, 0) is 6.42 Å². The molecule has 0 saturated carbocycles. The zero-order valence-electron chi connectivity index (χ0n) is 22.7. The summed E-state index contributed by atoms with van der Waals surface area (Å²) in [6, 6.07) is 12.9. The first-order valence-electron chi connectivity index (χ1n) is 12.1. The number of rotatable bonds is 6. The number of ketones is 1. The van der Waals surface area contributed by atoms with Crippen LogP contribution in [0.2, 0.25) is 0 Å². The number of benzene rings is 2. The van der Waals surface area contributed by atoms with Gasteiger partial charge in [0.25, 0.3) is 11.8 Å². The Morgan fingerprint density at radius 1 is 0.973 bits per heavy atom. The Balaban J connectivity index is 0.000000439. The lowest BCUT2D eigenvalue weighted by Gasteiger charge is -2.13. The first-order chi connectivity index (χ1) is 17.4. The number of hydrogen-bond donors (Lipinski definition) is 2. The Hall–Kier alpha value is -4.13. The molecule has 0 saturated heterocycles. The Labute approximate surface area is 218 Å². The van der Waals surface area contributed by atoms with E-state index in [9.17, 15) is 18.8 Å². The van der Waals surface area contributed by atoms with E-state index in [2.05, 4.69) is 23.8 Å². The molecule has 3 aromatic rings. The van der Waals surface area contributed by atoms with Crippen LogP contribution < -0.4 is 11.1 Å². The standard InChI is InChI=1S/C18H18FN3O2.C10H12O.C2H6/c1-9(2)16(10(3)4)22-18(24)13-8-15(17(20)23)21-14-7-11(19)5-6-12(13)14;1-3-9-4-6-10(7-5-9)8(2)11;1-2/h5-8H,1H2,2-4H3,(H2,20,23)(H,22,24);4-7H,3H2,1-2H3;1-2H3. The lowest BCUT2D eigenvalue weighted by Crippen LogP contribution is -2.25. The number of hydrogen-bond acceptors (Lipinski definition) is 4. The number of nitrogens with two attached hydrogens (primary N) is 1. The molecule has 0 unspecified atom stereocenters. The van der Waals surface area contributed by atoms with Gasteiger partial charge in [-0.1, -0.05) is 57.2 Å². The minimum Gasteiger partial charge on any atom is -0.364 e. The van der Waals surface area contributed by atoms with Gasteiger partial charge in [-0.3, -0.25) is 14.4 Å². The number of aromatic nitrogens is 1. The summed E-state index contributed by atoms with van der Waals surface area (Å²) >= 11 is 0. The topological polar surface area (TPSA) is 102 Å². The number of Topliss-reactive ketones (excluding diaryl/α,β-unsaturated/α-hetero) is 1. The number of allylic oxidation sites excluding steroid dienone is 2. The third-order valence-corrected chi connectivity index (χ3v) is 5.20. The van der Waals surface area contributed by atoms with E-state index in [4.69, 9.17) is 5.73 Å². The maximum Gasteiger partial charge on any atom is 0.267 e. The van der Waals surface area contributed by atoms with Crippen molar-refractivity contribution in [2.75, 3.05) is 0 Å². The van der Waals surface area contributed by atoms with Gasteiger partial charge in [-0.2, -0.15) is 0 Å². The van der Waals surface area contributed by atoms with Gasteiger partial charge in [0.2, 0.25) is 0 Å². The Kier molecular flexibility index (Phi) is 12.1. The van der Waals surface area contributed by atoms with Crippen molar-refractivity contribution in [2.45, 2.75) is 54.9 Å². The highest BCUT2D eigenvalue weighted by atomic mass is 19.1. The number of carbonyl (C=O) groups is 3. The molecule has 2 aromatic carbocycles. The molecule has 3 N–H and O–H groups in total. The monoisotopic (exact) mass is 505 g/mol. The maximum absolute atomic E-state index is 13.4. The Morgan fingerprint density at radius 2 is 1.57 bits per heavy atom. The van der Waals surface area contributed by atoms with Crippen LogP contribution in [0.25, 0.3) is 10.9 Å². The van der Waals surface area contributed by atoms with Crippen molar-refractivity contribution >= 4 is 28.5 Å². The van der Waals surface area contributed by atoms with Crippen molar-refractivity contribution in [1.29, 1.82) is 0 Å². The van der Waals surface area contributed by atoms with Crippen LogP contribution in [-0.4, -0.2) is 22.6 Å². The molecule has 0 spiro atoms. The molecule has 0 aliphatic rings. The summed E-state index contributed by atoms with van der Waals surface area (Å²) in [5.41, 5.74) is 9.78. The molecule has 37 heavy (non-hydrogen) atoms. The van der Waals surface area contributed by atoms with E-state index in [1.165, 1.54) is 23.8 Å². The molecule has 3 rings (SSSR count). The number of halogens is 1. The normalized spacial score (nSPS) is 9.73. The number of nitrogens with zero attached hydrogens (tertiary/aromatic N) is 1. The molecule has 7 heteroatoms. The van der Waals surface area contributed by atoms with Gasteiger partial charge in [0.15, 0.2) is 5.78 Å². The molecule has 6 nitrogen and oxygen atoms in total. The SMILES string of the molecule is C=C(C)C(NC(=O)c1cc(C(N)=O)nc2cc(F)ccc12)=C(C)C.CC.CCc1ccc(C(C)=O)cc1. The first kappa shape index (κ1) is 30.9. The van der Waals surface area contributed by atoms with Gasteiger partial charge in [0.05, 0.1) is 11.1 Å². The zero-order valence-corrected chi connectivity index (χ0v) is 22.7. The third kappa shape index (κ3) is 8.79. The van der Waals surface area contributed by atoms with Crippen LogP contribution in [0.15, 0.2) is 72.0 Å². The molecular formula is C30H36FN3O3. The van der Waals surface area contributed by atoms with Crippen LogP contribution in [0, 0.1) is 5.82 Å². The summed E-state index contributed by atoms with van der Waals surface area (Å²) in [7, 11) is 0. The summed E-state index contributed by atoms with van der Waals surface area (Å²) in [5.74, 6) is -1.63. The van der Waals surface area contributed by atoms with E-state index in [0.29, 0.717) is 16.7 Å². The number of nitrogens with one attached hydrogen (secondary N) is 1. The van der Waals surface area contributed by atoms with E-state index in [1.54, 1.807) is 13.8 Å². The molecule has 1 heterocycles. The maximum atomic E-state index is 13.4. The van der Waals surface area contributed by atoms with Gasteiger partial charge in [0.1, 0.15) is 11.5 Å². The van der Waals surface area contributed by atoms with Crippen molar-refractivity contribution in [2.24, 2.45) is 5.73 Å².